The van der Waals surface area contributed by atoms with E-state index in [0.29, 0.717) is 0 Å². The lowest BCUT2D eigenvalue weighted by Gasteiger charge is -2.23. The normalized spacial score (nSPS) is 14.0. The predicted octanol–water partition coefficient (Wildman–Crippen LogP) is 6.51. The number of aromatic nitrogens is 2. The molecule has 4 aromatic carbocycles. The minimum absolute atomic E-state index is 0.791. The van der Waals surface area contributed by atoms with Crippen LogP contribution in [-0.2, 0) is 35.5 Å². The number of carboxylic acid groups (broad SMARTS) is 2. The number of aliphatic carboxylic acids is 2. The van der Waals surface area contributed by atoms with Crippen LogP contribution in [-0.4, -0.2) is 49.7 Å². The van der Waals surface area contributed by atoms with E-state index < -0.39 is 11.9 Å². The van der Waals surface area contributed by atoms with E-state index in [9.17, 15) is 0 Å². The van der Waals surface area contributed by atoms with E-state index in [2.05, 4.69) is 118 Å². The maximum absolute atomic E-state index is 9.10. The SMILES string of the molecule is C1=CCN(Cc2ccc3c(c2)CCc2cc(Cn4c(-c5ccccc5)nc5ccccc54)ccc2N3)CC1.O=C(O)C(=O)O. The van der Waals surface area contributed by atoms with Crippen LogP contribution in [0.4, 0.5) is 11.4 Å². The Kier molecular flexibility index (Phi) is 8.52. The number of carboxylic acids is 2. The fourth-order valence-electron chi connectivity index (χ4n) is 5.88. The molecule has 44 heavy (non-hydrogen) atoms. The van der Waals surface area contributed by atoms with Crippen LogP contribution in [0.25, 0.3) is 22.4 Å². The first-order chi connectivity index (χ1) is 21.4. The first-order valence-corrected chi connectivity index (χ1v) is 14.8. The number of nitrogens with zero attached hydrogens (tertiary/aromatic N) is 3. The summed E-state index contributed by atoms with van der Waals surface area (Å²) in [6.45, 7) is 4.02. The highest BCUT2D eigenvalue weighted by Gasteiger charge is 2.17. The summed E-state index contributed by atoms with van der Waals surface area (Å²) < 4.78 is 2.35. The molecule has 7 rings (SSSR count). The Morgan fingerprint density at radius 1 is 0.750 bits per heavy atom. The molecule has 8 nitrogen and oxygen atoms in total. The Bertz CT molecular complexity index is 1830. The van der Waals surface area contributed by atoms with Crippen molar-refractivity contribution >= 4 is 34.3 Å². The maximum Gasteiger partial charge on any atom is 0.414 e. The second-order valence-corrected chi connectivity index (χ2v) is 11.1. The van der Waals surface area contributed by atoms with E-state index in [1.165, 1.54) is 39.1 Å². The summed E-state index contributed by atoms with van der Waals surface area (Å²) in [6, 6.07) is 32.8. The smallest absolute Gasteiger partial charge is 0.414 e. The third-order valence-corrected chi connectivity index (χ3v) is 8.03. The molecule has 0 spiro atoms. The number of aryl methyl sites for hydroxylation is 2. The molecule has 2 aliphatic rings. The second-order valence-electron chi connectivity index (χ2n) is 11.1. The van der Waals surface area contributed by atoms with Crippen LogP contribution in [0.5, 0.6) is 0 Å². The zero-order valence-electron chi connectivity index (χ0n) is 24.3. The lowest BCUT2D eigenvalue weighted by atomic mass is 10.0. The molecule has 0 radical (unpaired) electrons. The van der Waals surface area contributed by atoms with Crippen molar-refractivity contribution in [3.8, 4) is 11.4 Å². The van der Waals surface area contributed by atoms with Gasteiger partial charge in [0.2, 0.25) is 0 Å². The summed E-state index contributed by atoms with van der Waals surface area (Å²) in [5.74, 6) is -2.63. The Morgan fingerprint density at radius 2 is 1.39 bits per heavy atom. The molecule has 0 aliphatic carbocycles. The van der Waals surface area contributed by atoms with Crippen LogP contribution >= 0.6 is 0 Å². The van der Waals surface area contributed by atoms with Crippen molar-refractivity contribution in [1.82, 2.24) is 14.5 Å². The second kappa shape index (κ2) is 13.0. The van der Waals surface area contributed by atoms with E-state index in [-0.39, 0.29) is 0 Å². The van der Waals surface area contributed by atoms with Crippen LogP contribution < -0.4 is 5.32 Å². The van der Waals surface area contributed by atoms with Crippen LogP contribution in [0.3, 0.4) is 0 Å². The molecular formula is C36H34N4O4. The lowest BCUT2D eigenvalue weighted by molar-refractivity contribution is -0.159. The van der Waals surface area contributed by atoms with E-state index in [1.54, 1.807) is 0 Å². The van der Waals surface area contributed by atoms with Gasteiger partial charge in [-0.05, 0) is 65.8 Å². The van der Waals surface area contributed by atoms with Crippen LogP contribution in [0, 0.1) is 0 Å². The van der Waals surface area contributed by atoms with Gasteiger partial charge in [-0.1, -0.05) is 78.9 Å². The number of anilines is 2. The van der Waals surface area contributed by atoms with Gasteiger partial charge in [-0.2, -0.15) is 0 Å². The maximum atomic E-state index is 9.10. The van der Waals surface area contributed by atoms with E-state index >= 15 is 0 Å². The van der Waals surface area contributed by atoms with E-state index in [0.717, 1.165) is 62.3 Å². The molecule has 5 aromatic rings. The Hall–Kier alpha value is -5.21. The van der Waals surface area contributed by atoms with Gasteiger partial charge in [0.25, 0.3) is 0 Å². The summed E-state index contributed by atoms with van der Waals surface area (Å²) in [6.07, 6.45) is 7.83. The van der Waals surface area contributed by atoms with E-state index in [4.69, 9.17) is 24.8 Å². The molecule has 0 atom stereocenters. The highest BCUT2D eigenvalue weighted by molar-refractivity contribution is 6.27. The average molecular weight is 587 g/mol. The van der Waals surface area contributed by atoms with Gasteiger partial charge in [0.1, 0.15) is 5.82 Å². The number of fused-ring (bicyclic) bond motifs is 3. The third-order valence-electron chi connectivity index (χ3n) is 8.03. The van der Waals surface area contributed by atoms with Gasteiger partial charge in [-0.25, -0.2) is 14.6 Å². The van der Waals surface area contributed by atoms with Crippen molar-refractivity contribution in [3.63, 3.8) is 0 Å². The number of para-hydroxylation sites is 2. The topological polar surface area (TPSA) is 108 Å². The molecule has 222 valence electrons. The molecule has 0 saturated carbocycles. The van der Waals surface area contributed by atoms with Gasteiger partial charge in [0.15, 0.2) is 0 Å². The number of nitrogens with one attached hydrogen (secondary N) is 1. The number of hydrogen-bond acceptors (Lipinski definition) is 5. The van der Waals surface area contributed by atoms with E-state index in [1.807, 2.05) is 0 Å². The fourth-order valence-corrected chi connectivity index (χ4v) is 5.88. The zero-order chi connectivity index (χ0) is 30.5. The summed E-state index contributed by atoms with van der Waals surface area (Å²) in [5.41, 5.74) is 11.3. The summed E-state index contributed by atoms with van der Waals surface area (Å²) >= 11 is 0. The molecule has 3 heterocycles. The van der Waals surface area contributed by atoms with Crippen LogP contribution in [0.15, 0.2) is 103 Å². The van der Waals surface area contributed by atoms with Crippen molar-refractivity contribution in [1.29, 1.82) is 0 Å². The minimum Gasteiger partial charge on any atom is -0.473 e. The summed E-state index contributed by atoms with van der Waals surface area (Å²) in [5, 5.41) is 18.5. The number of benzene rings is 4. The first-order valence-electron chi connectivity index (χ1n) is 14.8. The Labute approximate surface area is 255 Å². The molecule has 0 saturated heterocycles. The molecule has 2 aliphatic heterocycles. The molecule has 0 bridgehead atoms. The quantitative estimate of drug-likeness (QED) is 0.159. The van der Waals surface area contributed by atoms with Crippen LogP contribution in [0.2, 0.25) is 0 Å². The summed E-state index contributed by atoms with van der Waals surface area (Å²) in [7, 11) is 0. The highest BCUT2D eigenvalue weighted by Crippen LogP contribution is 2.33. The predicted molar refractivity (Wildman–Crippen MR) is 172 cm³/mol. The summed E-state index contributed by atoms with van der Waals surface area (Å²) in [4.78, 5) is 25.7. The molecule has 8 heteroatoms. The average Bonchev–Trinajstić information content (AvgIpc) is 3.30. The molecule has 1 aromatic heterocycles. The first kappa shape index (κ1) is 28.9. The van der Waals surface area contributed by atoms with Gasteiger partial charge in [-0.15, -0.1) is 0 Å². The van der Waals surface area contributed by atoms with Gasteiger partial charge in [0, 0.05) is 43.1 Å². The largest absolute Gasteiger partial charge is 0.473 e. The van der Waals surface area contributed by atoms with Crippen molar-refractivity contribution in [3.05, 3.63) is 125 Å². The Morgan fingerprint density at radius 3 is 2.02 bits per heavy atom. The number of imidazole rings is 1. The molecule has 0 amide bonds. The lowest BCUT2D eigenvalue weighted by Crippen LogP contribution is -2.26. The standard InChI is InChI=1S/C34H32N4.C2H2O4/c1-3-9-27(10-4-1)34-36-32-11-5-6-12-33(32)38(34)24-26-14-18-31-29(22-26)16-15-28-21-25(13-17-30(28)35-31)23-37-19-7-2-8-20-37;3-1(4)2(5)6/h1-7,9-14,17-18,21-22,35H,8,15-16,19-20,23-24H2;(H,3,4)(H,5,6). The zero-order valence-corrected chi connectivity index (χ0v) is 24.3. The number of rotatable bonds is 5. The molecule has 0 fully saturated rings. The monoisotopic (exact) mass is 586 g/mol. The van der Waals surface area contributed by atoms with Gasteiger partial charge in [0.05, 0.1) is 11.0 Å². The molecule has 3 N–H and O–H groups in total. The minimum atomic E-state index is -1.82. The molecule has 0 unspecified atom stereocenters. The Balaban J connectivity index is 0.000000523. The van der Waals surface area contributed by atoms with Crippen molar-refractivity contribution in [2.75, 3.05) is 18.4 Å². The molecular weight excluding hydrogens is 552 g/mol. The van der Waals surface area contributed by atoms with Gasteiger partial charge >= 0.3 is 11.9 Å². The van der Waals surface area contributed by atoms with Gasteiger partial charge < -0.3 is 20.1 Å². The third kappa shape index (κ3) is 6.55. The number of carbonyl (C=O) groups is 2. The van der Waals surface area contributed by atoms with Crippen molar-refractivity contribution in [2.45, 2.75) is 32.4 Å². The van der Waals surface area contributed by atoms with Crippen molar-refractivity contribution < 1.29 is 19.8 Å². The van der Waals surface area contributed by atoms with Crippen LogP contribution in [0.1, 0.15) is 28.7 Å². The highest BCUT2D eigenvalue weighted by atomic mass is 16.4. The van der Waals surface area contributed by atoms with Crippen molar-refractivity contribution in [2.24, 2.45) is 0 Å². The van der Waals surface area contributed by atoms with Gasteiger partial charge in [-0.3, -0.25) is 4.90 Å². The fraction of sp³-hybridized carbons (Fsp3) is 0.194. The number of hydrogen-bond donors (Lipinski definition) is 3.